The van der Waals surface area contributed by atoms with E-state index in [1.807, 2.05) is 6.92 Å². The predicted molar refractivity (Wildman–Crippen MR) is 156 cm³/mol. The second-order valence-electron chi connectivity index (χ2n) is 12.6. The smallest absolute Gasteiger partial charge is 0.487 e. The summed E-state index contributed by atoms with van der Waals surface area (Å²) < 4.78 is 39.0. The molecule has 0 spiro atoms. The van der Waals surface area contributed by atoms with E-state index in [2.05, 4.69) is 38.9 Å². The van der Waals surface area contributed by atoms with Crippen LogP contribution in [0, 0.1) is 38.5 Å². The van der Waals surface area contributed by atoms with Crippen LogP contribution in [-0.4, -0.2) is 20.3 Å². The largest absolute Gasteiger partial charge is 0.536 e. The van der Waals surface area contributed by atoms with Crippen molar-refractivity contribution in [3.8, 4) is 11.5 Å². The summed E-state index contributed by atoms with van der Waals surface area (Å²) >= 11 is 0. The van der Waals surface area contributed by atoms with Gasteiger partial charge < -0.3 is 19.0 Å². The summed E-state index contributed by atoms with van der Waals surface area (Å²) in [6.07, 6.45) is 12.7. The Labute approximate surface area is 236 Å². The van der Waals surface area contributed by atoms with Gasteiger partial charge in [0.15, 0.2) is 0 Å². The number of phosphoric ester groups is 1. The van der Waals surface area contributed by atoms with Crippen molar-refractivity contribution in [3.05, 3.63) is 22.3 Å². The summed E-state index contributed by atoms with van der Waals surface area (Å²) in [6, 6.07) is 0. The molecule has 0 aliphatic carbocycles. The highest BCUT2D eigenvalue weighted by atomic mass is 31.3. The summed E-state index contributed by atoms with van der Waals surface area (Å²) in [5, 5.41) is 0. The van der Waals surface area contributed by atoms with E-state index in [1.165, 1.54) is 44.9 Å². The number of benzene rings is 1. The molecule has 3 N–H and O–H groups in total. The molecule has 1 aromatic rings. The van der Waals surface area contributed by atoms with Crippen LogP contribution < -0.4 is 9.26 Å². The van der Waals surface area contributed by atoms with E-state index in [0.29, 0.717) is 23.5 Å². The van der Waals surface area contributed by atoms with Crippen molar-refractivity contribution in [1.82, 2.24) is 0 Å². The first-order chi connectivity index (χ1) is 17.9. The van der Waals surface area contributed by atoms with Gasteiger partial charge in [-0.3, -0.25) is 4.89 Å². The number of fused-ring (bicyclic) bond motifs is 1. The molecule has 8 nitrogen and oxygen atoms in total. The number of rotatable bonds is 16. The highest BCUT2D eigenvalue weighted by Crippen LogP contribution is 2.59. The second-order valence-corrected chi connectivity index (χ2v) is 15.3. The molecular formula is C29H52O8P2. The van der Waals surface area contributed by atoms with Crippen molar-refractivity contribution < 1.29 is 37.4 Å². The molecule has 0 fully saturated rings. The Balaban J connectivity index is 1.93. The summed E-state index contributed by atoms with van der Waals surface area (Å²) in [4.78, 5) is 27.8. The molecule has 1 heterocycles. The molecule has 1 aliphatic rings. The predicted octanol–water partition coefficient (Wildman–Crippen LogP) is 8.72. The second kappa shape index (κ2) is 14.3. The van der Waals surface area contributed by atoms with Crippen LogP contribution in [0.15, 0.2) is 0 Å². The minimum Gasteiger partial charge on any atom is -0.487 e. The van der Waals surface area contributed by atoms with Crippen LogP contribution in [0.4, 0.5) is 0 Å². The molecule has 4 atom stereocenters. The molecule has 226 valence electrons. The first-order valence-electron chi connectivity index (χ1n) is 14.5. The lowest BCUT2D eigenvalue weighted by Gasteiger charge is -2.38. The lowest BCUT2D eigenvalue weighted by molar-refractivity contribution is 0.0512. The third kappa shape index (κ3) is 11.1. The Hall–Kier alpha value is -0.880. The lowest BCUT2D eigenvalue weighted by atomic mass is 9.84. The molecule has 2 rings (SSSR count). The fourth-order valence-corrected chi connectivity index (χ4v) is 7.38. The third-order valence-electron chi connectivity index (χ3n) is 8.25. The zero-order valence-corrected chi connectivity index (χ0v) is 27.1. The standard InChI is InChI=1S/C29H52O8P2/c1-20(2)12-9-13-21(3)14-10-15-22(4)16-11-18-29(8)19-17-26-25(7)27(23(5)24(6)28(26)35-29)36-39(33,34)37-38(30,31)32/h20-22H,9-19H2,1-8H3,(H,33,34)(H2,30,31,32)/t21-,22-,29-/m1/s1. The Bertz CT molecular complexity index is 1050. The SMILES string of the molecule is Cc1c(C)c2c(c(C)c1OP(=O)(O)OP(=O)(O)O)CC[C@@](C)(CCC[C@H](C)CCC[C@H](C)CCCC(C)C)O2. The van der Waals surface area contributed by atoms with Gasteiger partial charge in [-0.05, 0) is 87.8 Å². The van der Waals surface area contributed by atoms with Crippen molar-refractivity contribution >= 4 is 15.6 Å². The van der Waals surface area contributed by atoms with Gasteiger partial charge in [0, 0.05) is 5.56 Å². The van der Waals surface area contributed by atoms with E-state index >= 15 is 0 Å². The van der Waals surface area contributed by atoms with Gasteiger partial charge in [0.1, 0.15) is 17.1 Å². The van der Waals surface area contributed by atoms with Gasteiger partial charge in [-0.25, -0.2) is 9.13 Å². The van der Waals surface area contributed by atoms with Crippen molar-refractivity contribution in [2.45, 2.75) is 132 Å². The maximum atomic E-state index is 12.2. The highest BCUT2D eigenvalue weighted by Gasteiger charge is 2.38. The van der Waals surface area contributed by atoms with Crippen LogP contribution in [0.2, 0.25) is 0 Å². The topological polar surface area (TPSA) is 123 Å². The molecule has 0 bridgehead atoms. The fraction of sp³-hybridized carbons (Fsp3) is 0.793. The third-order valence-corrected chi connectivity index (χ3v) is 10.3. The van der Waals surface area contributed by atoms with Gasteiger partial charge in [0.2, 0.25) is 0 Å². The number of hydrogen-bond donors (Lipinski definition) is 3. The van der Waals surface area contributed by atoms with Crippen LogP contribution in [0.1, 0.15) is 121 Å². The van der Waals surface area contributed by atoms with Crippen molar-refractivity contribution in [3.63, 3.8) is 0 Å². The molecule has 0 aromatic heterocycles. The Morgan fingerprint density at radius 2 is 1.38 bits per heavy atom. The van der Waals surface area contributed by atoms with Crippen molar-refractivity contribution in [1.29, 1.82) is 0 Å². The van der Waals surface area contributed by atoms with Gasteiger partial charge in [-0.2, -0.15) is 4.31 Å². The highest BCUT2D eigenvalue weighted by molar-refractivity contribution is 7.60. The summed E-state index contributed by atoms with van der Waals surface area (Å²) in [6.45, 7) is 16.9. The number of ether oxygens (including phenoxy) is 1. The van der Waals surface area contributed by atoms with Gasteiger partial charge in [-0.15, -0.1) is 0 Å². The average molecular weight is 591 g/mol. The zero-order chi connectivity index (χ0) is 29.6. The Kier molecular flexibility index (Phi) is 12.6. The molecule has 1 aromatic carbocycles. The minimum atomic E-state index is -5.21. The fourth-order valence-electron chi connectivity index (χ4n) is 5.66. The van der Waals surface area contributed by atoms with E-state index in [9.17, 15) is 14.0 Å². The first-order valence-corrected chi connectivity index (χ1v) is 17.6. The first kappa shape index (κ1) is 34.3. The van der Waals surface area contributed by atoms with E-state index in [0.717, 1.165) is 48.0 Å². The van der Waals surface area contributed by atoms with Gasteiger partial charge in [0.25, 0.3) is 0 Å². The van der Waals surface area contributed by atoms with Crippen LogP contribution >= 0.6 is 15.6 Å². The molecule has 10 heteroatoms. The normalized spacial score (nSPS) is 20.7. The van der Waals surface area contributed by atoms with Crippen LogP contribution in [0.3, 0.4) is 0 Å². The molecule has 0 radical (unpaired) electrons. The van der Waals surface area contributed by atoms with Crippen molar-refractivity contribution in [2.24, 2.45) is 17.8 Å². The van der Waals surface area contributed by atoms with Crippen LogP contribution in [0.5, 0.6) is 11.5 Å². The average Bonchev–Trinajstić information content (AvgIpc) is 2.78. The Morgan fingerprint density at radius 1 is 0.846 bits per heavy atom. The van der Waals surface area contributed by atoms with Crippen LogP contribution in [0.25, 0.3) is 0 Å². The molecular weight excluding hydrogens is 538 g/mol. The van der Waals surface area contributed by atoms with Gasteiger partial charge in [-0.1, -0.05) is 72.6 Å². The number of phosphoric acid groups is 2. The molecule has 1 aliphatic heterocycles. The maximum Gasteiger partial charge on any atom is 0.536 e. The maximum absolute atomic E-state index is 12.2. The number of hydrogen-bond acceptors (Lipinski definition) is 5. The lowest BCUT2D eigenvalue weighted by Crippen LogP contribution is -2.37. The van der Waals surface area contributed by atoms with E-state index < -0.39 is 15.6 Å². The van der Waals surface area contributed by atoms with Crippen molar-refractivity contribution in [2.75, 3.05) is 0 Å². The van der Waals surface area contributed by atoms with Gasteiger partial charge >= 0.3 is 15.6 Å². The molecule has 39 heavy (non-hydrogen) atoms. The zero-order valence-electron chi connectivity index (χ0n) is 25.3. The van der Waals surface area contributed by atoms with E-state index in [4.69, 9.17) is 19.0 Å². The quantitative estimate of drug-likeness (QED) is 0.163. The molecule has 0 saturated heterocycles. The summed E-state index contributed by atoms with van der Waals surface area (Å²) in [7, 11) is -10.2. The monoisotopic (exact) mass is 590 g/mol. The van der Waals surface area contributed by atoms with E-state index in [-0.39, 0.29) is 11.4 Å². The summed E-state index contributed by atoms with van der Waals surface area (Å²) in [5.74, 6) is 3.18. The minimum absolute atomic E-state index is 0.0980. The molecule has 1 unspecified atom stereocenters. The summed E-state index contributed by atoms with van der Waals surface area (Å²) in [5.41, 5.74) is 2.57. The molecule has 0 amide bonds. The van der Waals surface area contributed by atoms with E-state index in [1.54, 1.807) is 13.8 Å². The Morgan fingerprint density at radius 3 is 1.92 bits per heavy atom. The molecule has 0 saturated carbocycles. The van der Waals surface area contributed by atoms with Crippen LogP contribution in [-0.2, 0) is 19.9 Å². The van der Waals surface area contributed by atoms with Gasteiger partial charge in [0.05, 0.1) is 0 Å².